The van der Waals surface area contributed by atoms with E-state index in [2.05, 4.69) is 21.2 Å². The molecule has 0 unspecified atom stereocenters. The van der Waals surface area contributed by atoms with Crippen LogP contribution in [-0.4, -0.2) is 11.9 Å². The predicted octanol–water partition coefficient (Wildman–Crippen LogP) is 3.61. The Morgan fingerprint density at radius 2 is 1.95 bits per heavy atom. The van der Waals surface area contributed by atoms with Crippen molar-refractivity contribution in [1.29, 1.82) is 0 Å². The standard InChI is InChI=1S/C15H14BrClN2O/c16-12-9-11(6-7-13(12)17)19-15(20)14(18)8-10-4-2-1-3-5-10/h1-7,9,14H,8,18H2,(H,19,20)/t14-/m0/s1. The highest BCUT2D eigenvalue weighted by Gasteiger charge is 2.14. The van der Waals surface area contributed by atoms with E-state index in [-0.39, 0.29) is 5.91 Å². The van der Waals surface area contributed by atoms with Gasteiger partial charge in [0.25, 0.3) is 0 Å². The second kappa shape index (κ2) is 6.88. The first kappa shape index (κ1) is 15.0. The molecule has 1 amide bonds. The number of nitrogens with two attached hydrogens (primary N) is 1. The summed E-state index contributed by atoms with van der Waals surface area (Å²) in [6, 6.07) is 14.3. The summed E-state index contributed by atoms with van der Waals surface area (Å²) in [5.41, 5.74) is 7.61. The molecule has 3 N–H and O–H groups in total. The molecule has 0 spiro atoms. The lowest BCUT2D eigenvalue weighted by atomic mass is 10.1. The molecule has 0 aliphatic heterocycles. The van der Waals surface area contributed by atoms with E-state index < -0.39 is 6.04 Å². The van der Waals surface area contributed by atoms with Gasteiger partial charge in [0.2, 0.25) is 5.91 Å². The molecular weight excluding hydrogens is 340 g/mol. The molecule has 1 atom stereocenters. The molecule has 3 nitrogen and oxygen atoms in total. The molecule has 0 aliphatic rings. The van der Waals surface area contributed by atoms with Gasteiger partial charge in [0.1, 0.15) is 0 Å². The van der Waals surface area contributed by atoms with Crippen molar-refractivity contribution in [3.05, 3.63) is 63.6 Å². The summed E-state index contributed by atoms with van der Waals surface area (Å²) in [7, 11) is 0. The Bertz CT molecular complexity index is 604. The van der Waals surface area contributed by atoms with Crippen molar-refractivity contribution in [1.82, 2.24) is 0 Å². The van der Waals surface area contributed by atoms with E-state index in [0.29, 0.717) is 17.1 Å². The summed E-state index contributed by atoms with van der Waals surface area (Å²) in [6.07, 6.45) is 0.501. The third kappa shape index (κ3) is 4.07. The van der Waals surface area contributed by atoms with Crippen LogP contribution in [0.25, 0.3) is 0 Å². The van der Waals surface area contributed by atoms with Crippen LogP contribution in [0.5, 0.6) is 0 Å². The number of halogens is 2. The van der Waals surface area contributed by atoms with Gasteiger partial charge in [-0.25, -0.2) is 0 Å². The van der Waals surface area contributed by atoms with Crippen LogP contribution in [0.1, 0.15) is 5.56 Å². The van der Waals surface area contributed by atoms with E-state index in [4.69, 9.17) is 17.3 Å². The van der Waals surface area contributed by atoms with Gasteiger partial charge in [0.15, 0.2) is 0 Å². The largest absolute Gasteiger partial charge is 0.325 e. The van der Waals surface area contributed by atoms with Crippen molar-refractivity contribution >= 4 is 39.1 Å². The number of amides is 1. The van der Waals surface area contributed by atoms with Crippen molar-refractivity contribution < 1.29 is 4.79 Å². The topological polar surface area (TPSA) is 55.1 Å². The van der Waals surface area contributed by atoms with Gasteiger partial charge in [0, 0.05) is 10.2 Å². The SMILES string of the molecule is N[C@@H](Cc1ccccc1)C(=O)Nc1ccc(Cl)c(Br)c1. The number of carbonyl (C=O) groups is 1. The average molecular weight is 354 g/mol. The lowest BCUT2D eigenvalue weighted by Gasteiger charge is -2.12. The molecule has 104 valence electrons. The van der Waals surface area contributed by atoms with Crippen LogP contribution in [0, 0.1) is 0 Å². The van der Waals surface area contributed by atoms with E-state index in [0.717, 1.165) is 10.0 Å². The summed E-state index contributed by atoms with van der Waals surface area (Å²) in [5, 5.41) is 3.37. The van der Waals surface area contributed by atoms with E-state index >= 15 is 0 Å². The van der Waals surface area contributed by atoms with Gasteiger partial charge in [-0.3, -0.25) is 4.79 Å². The smallest absolute Gasteiger partial charge is 0.241 e. The van der Waals surface area contributed by atoms with Crippen LogP contribution in [0.2, 0.25) is 5.02 Å². The normalized spacial score (nSPS) is 11.9. The third-order valence-electron chi connectivity index (χ3n) is 2.82. The van der Waals surface area contributed by atoms with Crippen molar-refractivity contribution in [2.45, 2.75) is 12.5 Å². The Kier molecular flexibility index (Phi) is 5.17. The zero-order valence-electron chi connectivity index (χ0n) is 10.6. The predicted molar refractivity (Wildman–Crippen MR) is 85.9 cm³/mol. The van der Waals surface area contributed by atoms with Gasteiger partial charge in [0.05, 0.1) is 11.1 Å². The maximum atomic E-state index is 12.0. The number of anilines is 1. The Balaban J connectivity index is 1.99. The minimum Gasteiger partial charge on any atom is -0.325 e. The summed E-state index contributed by atoms with van der Waals surface area (Å²) in [5.74, 6) is -0.219. The first-order valence-electron chi connectivity index (χ1n) is 6.11. The van der Waals surface area contributed by atoms with E-state index in [1.165, 1.54) is 0 Å². The van der Waals surface area contributed by atoms with Crippen LogP contribution in [0.4, 0.5) is 5.69 Å². The molecule has 2 rings (SSSR count). The Morgan fingerprint density at radius 1 is 1.25 bits per heavy atom. The Labute approximate surface area is 131 Å². The molecule has 5 heteroatoms. The highest BCUT2D eigenvalue weighted by Crippen LogP contribution is 2.25. The fraction of sp³-hybridized carbons (Fsp3) is 0.133. The monoisotopic (exact) mass is 352 g/mol. The summed E-state index contributed by atoms with van der Waals surface area (Å²) < 4.78 is 0.730. The molecule has 0 fully saturated rings. The molecule has 0 aliphatic carbocycles. The number of rotatable bonds is 4. The molecule has 0 bridgehead atoms. The zero-order valence-corrected chi connectivity index (χ0v) is 13.0. The van der Waals surface area contributed by atoms with Crippen LogP contribution in [-0.2, 0) is 11.2 Å². The first-order chi connectivity index (χ1) is 9.56. The summed E-state index contributed by atoms with van der Waals surface area (Å²) >= 11 is 9.22. The zero-order chi connectivity index (χ0) is 14.5. The lowest BCUT2D eigenvalue weighted by molar-refractivity contribution is -0.117. The number of benzene rings is 2. The fourth-order valence-electron chi connectivity index (χ4n) is 1.77. The molecule has 2 aromatic carbocycles. The molecule has 20 heavy (non-hydrogen) atoms. The Hall–Kier alpha value is -1.36. The fourth-order valence-corrected chi connectivity index (χ4v) is 2.27. The van der Waals surface area contributed by atoms with E-state index in [1.807, 2.05) is 30.3 Å². The minimum absolute atomic E-state index is 0.219. The molecule has 0 saturated heterocycles. The van der Waals surface area contributed by atoms with E-state index in [1.54, 1.807) is 18.2 Å². The van der Waals surface area contributed by atoms with Gasteiger partial charge in [-0.2, -0.15) is 0 Å². The molecule has 2 aromatic rings. The van der Waals surface area contributed by atoms with E-state index in [9.17, 15) is 4.79 Å². The van der Waals surface area contributed by atoms with Gasteiger partial charge in [-0.05, 0) is 46.1 Å². The summed E-state index contributed by atoms with van der Waals surface area (Å²) in [4.78, 5) is 12.0. The van der Waals surface area contributed by atoms with Crippen molar-refractivity contribution in [2.24, 2.45) is 5.73 Å². The molecule has 0 heterocycles. The number of nitrogens with one attached hydrogen (secondary N) is 1. The molecule has 0 aromatic heterocycles. The van der Waals surface area contributed by atoms with Crippen LogP contribution in [0.3, 0.4) is 0 Å². The van der Waals surface area contributed by atoms with Gasteiger partial charge < -0.3 is 11.1 Å². The Morgan fingerprint density at radius 3 is 2.60 bits per heavy atom. The number of hydrogen-bond acceptors (Lipinski definition) is 2. The third-order valence-corrected chi connectivity index (χ3v) is 4.04. The first-order valence-corrected chi connectivity index (χ1v) is 7.29. The van der Waals surface area contributed by atoms with Gasteiger partial charge in [-0.1, -0.05) is 41.9 Å². The van der Waals surface area contributed by atoms with Crippen molar-refractivity contribution in [2.75, 3.05) is 5.32 Å². The van der Waals surface area contributed by atoms with Gasteiger partial charge in [-0.15, -0.1) is 0 Å². The quantitative estimate of drug-likeness (QED) is 0.882. The maximum absolute atomic E-state index is 12.0. The second-order valence-electron chi connectivity index (χ2n) is 4.41. The number of hydrogen-bond donors (Lipinski definition) is 2. The molecular formula is C15H14BrClN2O. The molecule has 0 radical (unpaired) electrons. The minimum atomic E-state index is -0.591. The lowest BCUT2D eigenvalue weighted by Crippen LogP contribution is -2.37. The second-order valence-corrected chi connectivity index (χ2v) is 5.68. The van der Waals surface area contributed by atoms with Gasteiger partial charge >= 0.3 is 0 Å². The van der Waals surface area contributed by atoms with Crippen LogP contribution in [0.15, 0.2) is 53.0 Å². The highest BCUT2D eigenvalue weighted by molar-refractivity contribution is 9.10. The summed E-state index contributed by atoms with van der Waals surface area (Å²) in [6.45, 7) is 0. The maximum Gasteiger partial charge on any atom is 0.241 e. The molecule has 0 saturated carbocycles. The van der Waals surface area contributed by atoms with Crippen LogP contribution < -0.4 is 11.1 Å². The van der Waals surface area contributed by atoms with Crippen LogP contribution >= 0.6 is 27.5 Å². The highest BCUT2D eigenvalue weighted by atomic mass is 79.9. The van der Waals surface area contributed by atoms with Crippen molar-refractivity contribution in [3.63, 3.8) is 0 Å². The number of carbonyl (C=O) groups excluding carboxylic acids is 1. The van der Waals surface area contributed by atoms with Crippen molar-refractivity contribution in [3.8, 4) is 0 Å². The average Bonchev–Trinajstić information content (AvgIpc) is 2.44.